The predicted molar refractivity (Wildman–Crippen MR) is 129 cm³/mol. The number of aromatic hydroxyl groups is 1. The lowest BCUT2D eigenvalue weighted by Gasteiger charge is -2.37. The van der Waals surface area contributed by atoms with Gasteiger partial charge >= 0.3 is 0 Å². The van der Waals surface area contributed by atoms with E-state index in [1.165, 1.54) is 0 Å². The number of ether oxygens (including phenoxy) is 3. The monoisotopic (exact) mass is 485 g/mol. The van der Waals surface area contributed by atoms with Crippen LogP contribution in [0.1, 0.15) is 17.7 Å². The minimum Gasteiger partial charge on any atom is -0.507 e. The fourth-order valence-corrected chi connectivity index (χ4v) is 4.66. The number of hydrogen-bond donors (Lipinski definition) is 3. The summed E-state index contributed by atoms with van der Waals surface area (Å²) in [5, 5.41) is 26.1. The maximum absolute atomic E-state index is 11.6. The van der Waals surface area contributed by atoms with Crippen molar-refractivity contribution in [2.75, 3.05) is 29.9 Å². The molecule has 0 saturated carbocycles. The highest BCUT2D eigenvalue weighted by molar-refractivity contribution is 5.96. The minimum atomic E-state index is -0.696. The van der Waals surface area contributed by atoms with E-state index in [4.69, 9.17) is 19.5 Å². The zero-order valence-corrected chi connectivity index (χ0v) is 19.2. The third-order valence-electron chi connectivity index (χ3n) is 6.48. The molecule has 0 unspecified atom stereocenters. The Kier molecular flexibility index (Phi) is 5.45. The summed E-state index contributed by atoms with van der Waals surface area (Å²) < 4.78 is 17.4. The predicted octanol–water partition coefficient (Wildman–Crippen LogP) is 2.68. The van der Waals surface area contributed by atoms with Crippen molar-refractivity contribution in [3.8, 4) is 28.8 Å². The molecule has 4 aliphatic rings. The van der Waals surface area contributed by atoms with Crippen LogP contribution in [0.25, 0.3) is 11.3 Å². The molecule has 10 nitrogen and oxygen atoms in total. The zero-order valence-electron chi connectivity index (χ0n) is 19.2. The van der Waals surface area contributed by atoms with Crippen molar-refractivity contribution < 1.29 is 24.1 Å². The van der Waals surface area contributed by atoms with E-state index in [-0.39, 0.29) is 18.3 Å². The Balaban J connectivity index is 1.06. The minimum absolute atomic E-state index is 0.0222. The first kappa shape index (κ1) is 22.3. The first-order valence-corrected chi connectivity index (χ1v) is 11.6. The summed E-state index contributed by atoms with van der Waals surface area (Å²) in [6, 6.07) is 18.3. The third kappa shape index (κ3) is 3.99. The Hall–Kier alpha value is -4.17. The number of carbonyl (C=O) groups is 1. The topological polar surface area (TPSA) is 129 Å². The van der Waals surface area contributed by atoms with Gasteiger partial charge in [-0.05, 0) is 36.4 Å². The van der Waals surface area contributed by atoms with Crippen LogP contribution in [0.4, 0.5) is 11.4 Å². The Labute approximate surface area is 207 Å². The Morgan fingerprint density at radius 2 is 2.08 bits per heavy atom. The number of anilines is 2. The number of amides is 1. The number of hydrogen-bond acceptors (Lipinski definition) is 9. The van der Waals surface area contributed by atoms with E-state index in [9.17, 15) is 9.90 Å². The number of fused-ring (bicyclic) bond motifs is 2. The third-order valence-corrected chi connectivity index (χ3v) is 6.48. The lowest BCUT2D eigenvalue weighted by Crippen LogP contribution is -2.48. The number of aromatic nitrogens is 1. The average molecular weight is 486 g/mol. The molecule has 0 spiro atoms. The van der Waals surface area contributed by atoms with Crippen molar-refractivity contribution in [3.05, 3.63) is 65.9 Å². The van der Waals surface area contributed by atoms with Crippen molar-refractivity contribution in [2.45, 2.75) is 25.2 Å². The Morgan fingerprint density at radius 3 is 2.94 bits per heavy atom. The molecule has 3 N–H and O–H groups in total. The summed E-state index contributed by atoms with van der Waals surface area (Å²) in [5.74, 6) is -0.0910. The SMILES string of the molecule is N#Cc1cccc(-c2cccc(CNCCC34CN(c5ccc6c(c5)NC(=O)CO6)C(O3)O4)c2O)n1. The van der Waals surface area contributed by atoms with Gasteiger partial charge in [-0.1, -0.05) is 18.2 Å². The molecule has 7 rings (SSSR count). The van der Waals surface area contributed by atoms with Crippen LogP contribution in [0.5, 0.6) is 11.5 Å². The van der Waals surface area contributed by atoms with Crippen molar-refractivity contribution in [1.82, 2.24) is 10.3 Å². The number of nitrogens with one attached hydrogen (secondary N) is 2. The normalized spacial score (nSPS) is 21.7. The van der Waals surface area contributed by atoms with Gasteiger partial charge in [-0.2, -0.15) is 5.26 Å². The van der Waals surface area contributed by atoms with Crippen LogP contribution in [0.2, 0.25) is 0 Å². The number of phenolic OH excluding ortho intramolecular Hbond substituents is 1. The van der Waals surface area contributed by atoms with Crippen molar-refractivity contribution in [1.29, 1.82) is 5.26 Å². The lowest BCUT2D eigenvalue weighted by molar-refractivity contribution is -0.405. The zero-order chi connectivity index (χ0) is 24.7. The van der Waals surface area contributed by atoms with Crippen LogP contribution in [-0.2, 0) is 20.8 Å². The maximum atomic E-state index is 11.6. The summed E-state index contributed by atoms with van der Waals surface area (Å²) in [5.41, 5.74) is 3.68. The van der Waals surface area contributed by atoms with E-state index in [2.05, 4.69) is 15.6 Å². The summed E-state index contributed by atoms with van der Waals surface area (Å²) in [6.07, 6.45) is 0.164. The molecular weight excluding hydrogens is 462 g/mol. The van der Waals surface area contributed by atoms with Crippen molar-refractivity contribution >= 4 is 17.3 Å². The van der Waals surface area contributed by atoms with E-state index < -0.39 is 12.2 Å². The van der Waals surface area contributed by atoms with Gasteiger partial charge in [0.1, 0.15) is 23.3 Å². The maximum Gasteiger partial charge on any atom is 0.262 e. The van der Waals surface area contributed by atoms with Crippen LogP contribution < -0.4 is 20.3 Å². The fourth-order valence-electron chi connectivity index (χ4n) is 4.66. The largest absolute Gasteiger partial charge is 0.507 e. The molecule has 3 aromatic rings. The number of nitriles is 1. The summed E-state index contributed by atoms with van der Waals surface area (Å²) >= 11 is 0. The number of para-hydroxylation sites is 1. The molecular formula is C26H23N5O5. The first-order chi connectivity index (χ1) is 17.5. The standard InChI is InChI=1S/C26H23N5O5/c27-12-17-4-2-6-20(29-17)19-5-1-3-16(24(19)33)13-28-10-9-26-15-31(25(35-26)36-26)18-7-8-22-21(11-18)30-23(32)14-34-22/h1-8,11,25,28,33H,9-10,13-15H2,(H,30,32). The van der Waals surface area contributed by atoms with Crippen LogP contribution in [0, 0.1) is 11.3 Å². The van der Waals surface area contributed by atoms with Gasteiger partial charge in [-0.25, -0.2) is 4.98 Å². The summed E-state index contributed by atoms with van der Waals surface area (Å²) in [6.45, 7) is 1.65. The second-order valence-corrected chi connectivity index (χ2v) is 8.86. The summed E-state index contributed by atoms with van der Waals surface area (Å²) in [7, 11) is 0. The number of benzene rings is 2. The van der Waals surface area contributed by atoms with Gasteiger partial charge in [0.15, 0.2) is 12.4 Å². The molecule has 10 heteroatoms. The van der Waals surface area contributed by atoms with E-state index >= 15 is 0 Å². The van der Waals surface area contributed by atoms with Crippen LogP contribution in [0.3, 0.4) is 0 Å². The molecule has 3 fully saturated rings. The molecule has 182 valence electrons. The molecule has 0 radical (unpaired) electrons. The van der Waals surface area contributed by atoms with Crippen molar-refractivity contribution in [2.24, 2.45) is 0 Å². The van der Waals surface area contributed by atoms with Crippen LogP contribution in [-0.4, -0.2) is 47.9 Å². The van der Waals surface area contributed by atoms with Gasteiger partial charge in [0.05, 0.1) is 17.9 Å². The van der Waals surface area contributed by atoms with Gasteiger partial charge < -0.3 is 34.9 Å². The lowest BCUT2D eigenvalue weighted by atomic mass is 10.0. The molecule has 4 aliphatic heterocycles. The molecule has 0 aliphatic carbocycles. The van der Waals surface area contributed by atoms with Gasteiger partial charge in [0, 0.05) is 36.3 Å². The Morgan fingerprint density at radius 1 is 1.22 bits per heavy atom. The molecule has 1 amide bonds. The molecule has 36 heavy (non-hydrogen) atoms. The summed E-state index contributed by atoms with van der Waals surface area (Å²) in [4.78, 5) is 17.9. The smallest absolute Gasteiger partial charge is 0.262 e. The van der Waals surface area contributed by atoms with Gasteiger partial charge in [0.25, 0.3) is 5.91 Å². The van der Waals surface area contributed by atoms with E-state index in [0.29, 0.717) is 54.4 Å². The van der Waals surface area contributed by atoms with E-state index in [0.717, 1.165) is 11.3 Å². The number of nitrogens with zero attached hydrogens (tertiary/aromatic N) is 3. The average Bonchev–Trinajstić information content (AvgIpc) is 3.43. The van der Waals surface area contributed by atoms with Crippen molar-refractivity contribution in [3.63, 3.8) is 0 Å². The van der Waals surface area contributed by atoms with Gasteiger partial charge in [-0.15, -0.1) is 0 Å². The first-order valence-electron chi connectivity index (χ1n) is 11.6. The molecule has 0 atom stereocenters. The molecule has 1 aromatic heterocycles. The van der Waals surface area contributed by atoms with Gasteiger partial charge in [-0.3, -0.25) is 4.79 Å². The van der Waals surface area contributed by atoms with E-state index in [1.54, 1.807) is 24.3 Å². The molecule has 2 aromatic carbocycles. The number of rotatable bonds is 7. The highest BCUT2D eigenvalue weighted by Crippen LogP contribution is 2.46. The molecule has 2 bridgehead atoms. The number of phenols is 1. The van der Waals surface area contributed by atoms with Crippen LogP contribution in [0.15, 0.2) is 54.6 Å². The Bertz CT molecular complexity index is 1380. The quantitative estimate of drug-likeness (QED) is 0.433. The molecule has 5 heterocycles. The molecule has 3 saturated heterocycles. The van der Waals surface area contributed by atoms with Crippen LogP contribution >= 0.6 is 0 Å². The fraction of sp³-hybridized carbons (Fsp3) is 0.269. The second-order valence-electron chi connectivity index (χ2n) is 8.86. The number of carbonyl (C=O) groups excluding carboxylic acids is 1. The van der Waals surface area contributed by atoms with Gasteiger partial charge in [0.2, 0.25) is 6.41 Å². The second kappa shape index (κ2) is 8.80. The highest BCUT2D eigenvalue weighted by atomic mass is 16.9. The number of pyridine rings is 1. The highest BCUT2D eigenvalue weighted by Gasteiger charge is 2.58. The van der Waals surface area contributed by atoms with E-state index in [1.807, 2.05) is 41.3 Å².